The monoisotopic (exact) mass is 262 g/mol. The Hall–Kier alpha value is -0.800. The van der Waals surface area contributed by atoms with Gasteiger partial charge < -0.3 is 14.6 Å². The maximum atomic E-state index is 5.63. The summed E-state index contributed by atoms with van der Waals surface area (Å²) in [6, 6.07) is 4.17. The maximum Gasteiger partial charge on any atom is 0.105 e. The van der Waals surface area contributed by atoms with Gasteiger partial charge in [-0.1, -0.05) is 0 Å². The van der Waals surface area contributed by atoms with Crippen molar-refractivity contribution >= 4 is 0 Å². The number of hydrogen-bond donors (Lipinski definition) is 1. The molecule has 0 amide bonds. The Labute approximate surface area is 116 Å². The number of furan rings is 1. The van der Waals surface area contributed by atoms with Gasteiger partial charge in [0, 0.05) is 23.7 Å². The number of hydrogen-bond acceptors (Lipinski definition) is 3. The average molecular weight is 262 g/mol. The highest BCUT2D eigenvalue weighted by Gasteiger charge is 2.32. The Balaban J connectivity index is 1.52. The fraction of sp³-hybridized carbons (Fsp3) is 0.750. The van der Waals surface area contributed by atoms with Crippen LogP contribution in [0.2, 0.25) is 0 Å². The molecule has 2 fully saturated rings. The molecule has 0 aromatic carbocycles. The number of likely N-dealkylation sites (tertiary alicyclic amines) is 1. The summed E-state index contributed by atoms with van der Waals surface area (Å²) in [7, 11) is 0. The molecule has 19 heavy (non-hydrogen) atoms. The molecule has 1 saturated heterocycles. The molecule has 1 N–H and O–H groups in total. The average Bonchev–Trinajstić information content (AvgIpc) is 3.16. The molecule has 3 rings (SSSR count). The van der Waals surface area contributed by atoms with Gasteiger partial charge in [0.25, 0.3) is 0 Å². The van der Waals surface area contributed by atoms with Crippen LogP contribution >= 0.6 is 0 Å². The van der Waals surface area contributed by atoms with Gasteiger partial charge in [-0.15, -0.1) is 0 Å². The van der Waals surface area contributed by atoms with Gasteiger partial charge in [-0.25, -0.2) is 0 Å². The summed E-state index contributed by atoms with van der Waals surface area (Å²) in [6.45, 7) is 8.90. The van der Waals surface area contributed by atoms with Crippen molar-refractivity contribution in [2.75, 3.05) is 13.1 Å². The van der Waals surface area contributed by atoms with Crippen LogP contribution in [-0.4, -0.2) is 30.1 Å². The van der Waals surface area contributed by atoms with Gasteiger partial charge in [0.15, 0.2) is 0 Å². The quantitative estimate of drug-likeness (QED) is 0.903. The van der Waals surface area contributed by atoms with Gasteiger partial charge in [0.2, 0.25) is 0 Å². The van der Waals surface area contributed by atoms with Crippen molar-refractivity contribution in [3.8, 4) is 0 Å². The predicted molar refractivity (Wildman–Crippen MR) is 77.3 cm³/mol. The summed E-state index contributed by atoms with van der Waals surface area (Å²) < 4.78 is 5.63. The van der Waals surface area contributed by atoms with E-state index in [4.69, 9.17) is 4.42 Å². The summed E-state index contributed by atoms with van der Waals surface area (Å²) in [4.78, 5) is 2.68. The molecule has 3 heteroatoms. The highest BCUT2D eigenvalue weighted by atomic mass is 16.3. The predicted octanol–water partition coefficient (Wildman–Crippen LogP) is 3.17. The molecule has 1 aromatic rings. The molecular weight excluding hydrogens is 236 g/mol. The second kappa shape index (κ2) is 5.29. The first kappa shape index (κ1) is 13.2. The minimum absolute atomic E-state index is 0.398. The van der Waals surface area contributed by atoms with Gasteiger partial charge >= 0.3 is 0 Å². The van der Waals surface area contributed by atoms with Crippen LogP contribution in [0.3, 0.4) is 0 Å². The van der Waals surface area contributed by atoms with Gasteiger partial charge in [-0.05, 0) is 65.6 Å². The van der Waals surface area contributed by atoms with Crippen LogP contribution in [0.4, 0.5) is 0 Å². The van der Waals surface area contributed by atoms with Gasteiger partial charge in [0.05, 0.1) is 0 Å². The summed E-state index contributed by atoms with van der Waals surface area (Å²) in [6.07, 6.45) is 5.44. The third-order valence-corrected chi connectivity index (χ3v) is 4.62. The summed E-state index contributed by atoms with van der Waals surface area (Å²) >= 11 is 0. The zero-order chi connectivity index (χ0) is 13.4. The molecule has 1 unspecified atom stereocenters. The Morgan fingerprint density at radius 3 is 2.42 bits per heavy atom. The number of rotatable bonds is 4. The third-order valence-electron chi connectivity index (χ3n) is 4.62. The van der Waals surface area contributed by atoms with Crippen LogP contribution in [-0.2, 0) is 0 Å². The van der Waals surface area contributed by atoms with E-state index in [0.29, 0.717) is 12.1 Å². The van der Waals surface area contributed by atoms with Crippen molar-refractivity contribution in [2.45, 2.75) is 64.6 Å². The minimum Gasteiger partial charge on any atom is -0.466 e. The number of aryl methyl sites for hydroxylation is 2. The molecule has 2 heterocycles. The largest absolute Gasteiger partial charge is 0.466 e. The Kier molecular flexibility index (Phi) is 3.68. The van der Waals surface area contributed by atoms with E-state index in [0.717, 1.165) is 17.6 Å². The molecular formula is C16H26N2O. The topological polar surface area (TPSA) is 28.4 Å². The maximum absolute atomic E-state index is 5.63. The Morgan fingerprint density at radius 1 is 1.21 bits per heavy atom. The lowest BCUT2D eigenvalue weighted by Crippen LogP contribution is -2.44. The van der Waals surface area contributed by atoms with Crippen LogP contribution in [0.1, 0.15) is 55.7 Å². The molecule has 0 bridgehead atoms. The molecule has 1 atom stereocenters. The highest BCUT2D eigenvalue weighted by Crippen LogP contribution is 2.30. The molecule has 106 valence electrons. The lowest BCUT2D eigenvalue weighted by molar-refractivity contribution is 0.184. The fourth-order valence-corrected chi connectivity index (χ4v) is 3.39. The Bertz CT molecular complexity index is 428. The summed E-state index contributed by atoms with van der Waals surface area (Å²) in [5, 5.41) is 3.78. The molecule has 3 nitrogen and oxygen atoms in total. The van der Waals surface area contributed by atoms with Crippen LogP contribution in [0, 0.1) is 13.8 Å². The van der Waals surface area contributed by atoms with E-state index < -0.39 is 0 Å². The molecule has 1 saturated carbocycles. The number of piperidine rings is 1. The van der Waals surface area contributed by atoms with Crippen molar-refractivity contribution in [3.05, 3.63) is 23.2 Å². The van der Waals surface area contributed by atoms with Gasteiger partial charge in [-0.2, -0.15) is 0 Å². The fourth-order valence-electron chi connectivity index (χ4n) is 3.39. The van der Waals surface area contributed by atoms with Gasteiger partial charge in [0.1, 0.15) is 11.5 Å². The smallest absolute Gasteiger partial charge is 0.105 e. The normalized spacial score (nSPS) is 23.7. The summed E-state index contributed by atoms with van der Waals surface area (Å²) in [5.41, 5.74) is 1.32. The third kappa shape index (κ3) is 3.03. The van der Waals surface area contributed by atoms with Crippen LogP contribution in [0.25, 0.3) is 0 Å². The second-order valence-corrected chi connectivity index (χ2v) is 6.30. The van der Waals surface area contributed by atoms with E-state index in [-0.39, 0.29) is 0 Å². The lowest BCUT2D eigenvalue weighted by atomic mass is 10.0. The first-order chi connectivity index (χ1) is 9.13. The molecule has 1 aliphatic heterocycles. The zero-order valence-electron chi connectivity index (χ0n) is 12.4. The highest BCUT2D eigenvalue weighted by molar-refractivity contribution is 5.23. The molecule has 0 spiro atoms. The first-order valence-electron chi connectivity index (χ1n) is 7.70. The number of nitrogens with zero attached hydrogens (tertiary/aromatic N) is 1. The minimum atomic E-state index is 0.398. The standard InChI is InChI=1S/C16H26N2O/c1-11-10-16(13(3)19-11)12(2)17-14-6-8-18(9-7-14)15-4-5-15/h10,12,14-15,17H,4-9H2,1-3H3. The molecule has 1 aromatic heterocycles. The van der Waals surface area contributed by atoms with E-state index in [9.17, 15) is 0 Å². The lowest BCUT2D eigenvalue weighted by Gasteiger charge is -2.34. The van der Waals surface area contributed by atoms with Crippen molar-refractivity contribution in [1.29, 1.82) is 0 Å². The van der Waals surface area contributed by atoms with Crippen LogP contribution < -0.4 is 5.32 Å². The second-order valence-electron chi connectivity index (χ2n) is 6.30. The zero-order valence-corrected chi connectivity index (χ0v) is 12.4. The molecule has 1 aliphatic carbocycles. The Morgan fingerprint density at radius 2 is 1.89 bits per heavy atom. The van der Waals surface area contributed by atoms with E-state index in [1.165, 1.54) is 44.3 Å². The first-order valence-corrected chi connectivity index (χ1v) is 7.70. The molecule has 0 radical (unpaired) electrons. The summed E-state index contributed by atoms with van der Waals surface area (Å²) in [5.74, 6) is 2.08. The van der Waals surface area contributed by atoms with Crippen molar-refractivity contribution in [1.82, 2.24) is 10.2 Å². The molecule has 2 aliphatic rings. The van der Waals surface area contributed by atoms with E-state index in [1.807, 2.05) is 6.92 Å². The van der Waals surface area contributed by atoms with Crippen LogP contribution in [0.5, 0.6) is 0 Å². The van der Waals surface area contributed by atoms with Crippen molar-refractivity contribution in [2.24, 2.45) is 0 Å². The van der Waals surface area contributed by atoms with Crippen LogP contribution in [0.15, 0.2) is 10.5 Å². The van der Waals surface area contributed by atoms with Gasteiger partial charge in [-0.3, -0.25) is 0 Å². The number of nitrogens with one attached hydrogen (secondary N) is 1. The SMILES string of the molecule is Cc1cc(C(C)NC2CCN(C3CC3)CC2)c(C)o1. The van der Waals surface area contributed by atoms with Crippen molar-refractivity contribution in [3.63, 3.8) is 0 Å². The van der Waals surface area contributed by atoms with E-state index >= 15 is 0 Å². The van der Waals surface area contributed by atoms with Crippen molar-refractivity contribution < 1.29 is 4.42 Å². The van der Waals surface area contributed by atoms with E-state index in [2.05, 4.69) is 30.1 Å². The van der Waals surface area contributed by atoms with E-state index in [1.54, 1.807) is 0 Å².